The van der Waals surface area contributed by atoms with E-state index in [1.165, 1.54) is 30.2 Å². The highest BCUT2D eigenvalue weighted by atomic mass is 32.1. The molecule has 254 valence electrons. The lowest BCUT2D eigenvalue weighted by atomic mass is 9.89. The molecule has 2 fully saturated rings. The molecule has 5 rings (SSSR count). The van der Waals surface area contributed by atoms with E-state index in [2.05, 4.69) is 35.1 Å². The number of nitrogens with zero attached hydrogens (tertiary/aromatic N) is 2. The molecule has 5 N–H and O–H groups in total. The molecular formula is C33H48N4O7S2. The molecule has 2 aliphatic heterocycles. The Kier molecular flexibility index (Phi) is 13.6. The van der Waals surface area contributed by atoms with Crippen LogP contribution >= 0.6 is 22.7 Å². The fraction of sp³-hybridized carbons (Fsp3) is 0.606. The molecule has 3 aromatic rings. The Labute approximate surface area is 278 Å². The monoisotopic (exact) mass is 676 g/mol. The van der Waals surface area contributed by atoms with E-state index in [0.717, 1.165) is 68.8 Å². The zero-order valence-electron chi connectivity index (χ0n) is 26.8. The molecule has 2 aliphatic rings. The highest BCUT2D eigenvalue weighted by Crippen LogP contribution is 2.33. The first-order chi connectivity index (χ1) is 22.2. The number of unbranched alkanes of at least 4 members (excludes halogenated alkanes) is 4. The van der Waals surface area contributed by atoms with Crippen LogP contribution in [0.15, 0.2) is 28.4 Å². The number of nitrogens with one attached hydrogen (secondary N) is 2. The van der Waals surface area contributed by atoms with Crippen LogP contribution in [0, 0.1) is 0 Å². The van der Waals surface area contributed by atoms with Gasteiger partial charge >= 0.3 is 4.87 Å². The van der Waals surface area contributed by atoms with Crippen LogP contribution in [0.2, 0.25) is 0 Å². The highest BCUT2D eigenvalue weighted by molar-refractivity contribution is 7.16. The number of H-pyrrole nitrogens is 1. The molecule has 0 radical (unpaired) electrons. The Morgan fingerprint density at radius 3 is 2.59 bits per heavy atom. The van der Waals surface area contributed by atoms with Gasteiger partial charge in [-0.15, -0.1) is 11.3 Å². The molecular weight excluding hydrogens is 629 g/mol. The average Bonchev–Trinajstić information content (AvgIpc) is 3.69. The number of piperidine rings is 1. The summed E-state index contributed by atoms with van der Waals surface area (Å²) in [5, 5.41) is 32.8. The Morgan fingerprint density at radius 1 is 1.15 bits per heavy atom. The number of carbonyl (C=O) groups excluding carboxylic acids is 1. The topological polar surface area (TPSA) is 155 Å². The number of carboxylic acid groups (broad SMARTS) is 1. The highest BCUT2D eigenvalue weighted by Gasteiger charge is 2.41. The summed E-state index contributed by atoms with van der Waals surface area (Å²) in [4.78, 5) is 41.5. The third-order valence-corrected chi connectivity index (χ3v) is 11.0. The van der Waals surface area contributed by atoms with E-state index < -0.39 is 6.10 Å². The number of likely N-dealkylation sites (tertiary alicyclic amines) is 1. The largest absolute Gasteiger partial charge is 0.506 e. The van der Waals surface area contributed by atoms with Crippen molar-refractivity contribution < 1.29 is 29.6 Å². The standard InChI is InChI=1S/C32H46N4O5S2.CH2O2/c1-22(2)27-18-23(20-42-27)30(39)36-16-17-41-32(21-36)10-14-35(15-11-32)13-7-5-3-4-6-12-33-19-26(38)24-8-9-25(37)28-29(24)43-31(40)34-28;2-1-3/h8-9,18,20,22,26,33,37-38H,3-7,10-17,19,21H2,1-2H3,(H,34,40);1H,(H,2,3)/t26-;/m0./s1. The molecule has 4 heterocycles. The maximum atomic E-state index is 13.2. The van der Waals surface area contributed by atoms with Crippen molar-refractivity contribution in [1.82, 2.24) is 20.1 Å². The van der Waals surface area contributed by atoms with Crippen molar-refractivity contribution in [3.05, 3.63) is 49.3 Å². The number of benzene rings is 1. The number of ether oxygens (including phenoxy) is 1. The lowest BCUT2D eigenvalue weighted by Crippen LogP contribution is -2.58. The third kappa shape index (κ3) is 9.61. The molecule has 0 aliphatic carbocycles. The number of hydrogen-bond acceptors (Lipinski definition) is 10. The maximum Gasteiger partial charge on any atom is 0.305 e. The van der Waals surface area contributed by atoms with Gasteiger partial charge in [-0.25, -0.2) is 0 Å². The summed E-state index contributed by atoms with van der Waals surface area (Å²) in [6.07, 6.45) is 7.02. The Hall–Kier alpha value is -2.81. The Balaban J connectivity index is 0.00000154. The molecule has 13 heteroatoms. The third-order valence-electron chi connectivity index (χ3n) is 8.85. The maximum absolute atomic E-state index is 13.2. The minimum Gasteiger partial charge on any atom is -0.506 e. The molecule has 1 amide bonds. The van der Waals surface area contributed by atoms with Crippen LogP contribution in [-0.4, -0.2) is 101 Å². The number of aliphatic hydroxyl groups is 1. The number of aromatic amines is 1. The predicted molar refractivity (Wildman–Crippen MR) is 182 cm³/mol. The summed E-state index contributed by atoms with van der Waals surface area (Å²) in [6.45, 7) is 10.5. The van der Waals surface area contributed by atoms with Crippen LogP contribution in [0.3, 0.4) is 0 Å². The van der Waals surface area contributed by atoms with Crippen molar-refractivity contribution in [2.75, 3.05) is 52.4 Å². The fourth-order valence-electron chi connectivity index (χ4n) is 6.22. The summed E-state index contributed by atoms with van der Waals surface area (Å²) in [5.74, 6) is 0.615. The molecule has 0 bridgehead atoms. The summed E-state index contributed by atoms with van der Waals surface area (Å²) >= 11 is 2.69. The van der Waals surface area contributed by atoms with Crippen LogP contribution in [0.25, 0.3) is 10.2 Å². The van der Waals surface area contributed by atoms with Gasteiger partial charge in [0.2, 0.25) is 0 Å². The van der Waals surface area contributed by atoms with Crippen LogP contribution in [0.4, 0.5) is 0 Å². The SMILES string of the molecule is CC(C)c1cc(C(=O)N2CCOC3(CCN(CCCCCCCNC[C@H](O)c4ccc(O)c5[nH]c(=O)sc45)CC3)C2)cs1.O=CO. The number of carbonyl (C=O) groups is 2. The number of fused-ring (bicyclic) bond motifs is 1. The summed E-state index contributed by atoms with van der Waals surface area (Å²) in [6, 6.07) is 5.26. The van der Waals surface area contributed by atoms with Crippen LogP contribution < -0.4 is 10.2 Å². The van der Waals surface area contributed by atoms with E-state index in [1.807, 2.05) is 10.3 Å². The van der Waals surface area contributed by atoms with E-state index >= 15 is 0 Å². The number of phenols is 1. The van der Waals surface area contributed by atoms with Gasteiger partial charge < -0.3 is 40.2 Å². The van der Waals surface area contributed by atoms with Crippen LogP contribution in [-0.2, 0) is 9.53 Å². The summed E-state index contributed by atoms with van der Waals surface area (Å²) in [5.41, 5.74) is 1.68. The van der Waals surface area contributed by atoms with Gasteiger partial charge in [0.1, 0.15) is 11.3 Å². The van der Waals surface area contributed by atoms with Crippen molar-refractivity contribution in [3.63, 3.8) is 0 Å². The van der Waals surface area contributed by atoms with Gasteiger partial charge in [-0.05, 0) is 56.8 Å². The first-order valence-electron chi connectivity index (χ1n) is 16.2. The van der Waals surface area contributed by atoms with Gasteiger partial charge in [-0.1, -0.05) is 50.5 Å². The summed E-state index contributed by atoms with van der Waals surface area (Å²) in [7, 11) is 0. The van der Waals surface area contributed by atoms with Crippen molar-refractivity contribution in [1.29, 1.82) is 0 Å². The molecule has 0 unspecified atom stereocenters. The molecule has 0 saturated carbocycles. The molecule has 11 nitrogen and oxygen atoms in total. The van der Waals surface area contributed by atoms with Gasteiger partial charge in [0, 0.05) is 42.0 Å². The quantitative estimate of drug-likeness (QED) is 0.127. The molecule has 1 aromatic carbocycles. The molecule has 46 heavy (non-hydrogen) atoms. The van der Waals surface area contributed by atoms with Gasteiger partial charge in [-0.3, -0.25) is 14.4 Å². The van der Waals surface area contributed by atoms with Crippen molar-refractivity contribution in [2.24, 2.45) is 0 Å². The number of thiophene rings is 1. The van der Waals surface area contributed by atoms with Crippen LogP contribution in [0.1, 0.15) is 91.6 Å². The number of aliphatic hydroxyl groups excluding tert-OH is 1. The van der Waals surface area contributed by atoms with E-state index in [4.69, 9.17) is 14.6 Å². The molecule has 2 saturated heterocycles. The van der Waals surface area contributed by atoms with E-state index in [-0.39, 0.29) is 28.6 Å². The zero-order valence-corrected chi connectivity index (χ0v) is 28.5. The van der Waals surface area contributed by atoms with Crippen molar-refractivity contribution in [3.8, 4) is 5.75 Å². The van der Waals surface area contributed by atoms with Crippen molar-refractivity contribution >= 4 is 45.3 Å². The van der Waals surface area contributed by atoms with Crippen molar-refractivity contribution in [2.45, 2.75) is 76.4 Å². The summed E-state index contributed by atoms with van der Waals surface area (Å²) < 4.78 is 6.92. The first-order valence-corrected chi connectivity index (χ1v) is 17.9. The minimum atomic E-state index is -0.736. The number of rotatable bonds is 13. The van der Waals surface area contributed by atoms with Gasteiger partial charge in [0.05, 0.1) is 35.1 Å². The number of thiazole rings is 1. The lowest BCUT2D eigenvalue weighted by molar-refractivity contribution is -0.127. The number of amides is 1. The number of aromatic nitrogens is 1. The second kappa shape index (κ2) is 17.4. The average molecular weight is 677 g/mol. The van der Waals surface area contributed by atoms with Gasteiger partial charge in [0.15, 0.2) is 0 Å². The smallest absolute Gasteiger partial charge is 0.305 e. The lowest BCUT2D eigenvalue weighted by Gasteiger charge is -2.47. The molecule has 1 atom stereocenters. The first kappa shape index (κ1) is 36.0. The number of aromatic hydroxyl groups is 1. The van der Waals surface area contributed by atoms with E-state index in [0.29, 0.717) is 47.9 Å². The second-order valence-corrected chi connectivity index (χ2v) is 14.4. The number of morpholine rings is 1. The predicted octanol–water partition coefficient (Wildman–Crippen LogP) is 4.76. The second-order valence-electron chi connectivity index (χ2n) is 12.5. The fourth-order valence-corrected chi connectivity index (χ4v) is 8.04. The normalized spacial score (nSPS) is 17.3. The Bertz CT molecular complexity index is 1460. The van der Waals surface area contributed by atoms with Gasteiger partial charge in [0.25, 0.3) is 12.4 Å². The minimum absolute atomic E-state index is 0.0225. The van der Waals surface area contributed by atoms with E-state index in [9.17, 15) is 19.8 Å². The van der Waals surface area contributed by atoms with E-state index in [1.54, 1.807) is 17.4 Å². The molecule has 2 aromatic heterocycles. The van der Waals surface area contributed by atoms with Crippen LogP contribution in [0.5, 0.6) is 5.75 Å². The Morgan fingerprint density at radius 2 is 1.87 bits per heavy atom. The number of hydrogen-bond donors (Lipinski definition) is 5. The molecule has 1 spiro atoms. The van der Waals surface area contributed by atoms with Gasteiger partial charge in [-0.2, -0.15) is 0 Å². The zero-order chi connectivity index (χ0) is 33.1. The number of phenolic OH excluding ortho intramolecular Hbond substituents is 1.